The maximum absolute atomic E-state index is 13.9. The molecule has 1 aliphatic heterocycles. The second kappa shape index (κ2) is 9.01. The van der Waals surface area contributed by atoms with Crippen LogP contribution in [0.3, 0.4) is 0 Å². The zero-order chi connectivity index (χ0) is 24.0. The van der Waals surface area contributed by atoms with Gasteiger partial charge in [-0.3, -0.25) is 9.59 Å². The molecule has 0 aliphatic carbocycles. The molecule has 0 spiro atoms. The van der Waals surface area contributed by atoms with Crippen molar-refractivity contribution in [2.45, 2.75) is 5.37 Å². The van der Waals surface area contributed by atoms with Crippen LogP contribution in [-0.4, -0.2) is 32.4 Å². The van der Waals surface area contributed by atoms with E-state index in [4.69, 9.17) is 4.98 Å². The largest absolute Gasteiger partial charge is 0.478 e. The summed E-state index contributed by atoms with van der Waals surface area (Å²) in [5, 5.41) is 11.0. The number of carbonyl (C=O) groups excluding carboxylic acids is 1. The molecule has 5 rings (SSSR count). The third kappa shape index (κ3) is 3.85. The Hall–Kier alpha value is -2.95. The van der Waals surface area contributed by atoms with Crippen LogP contribution in [0.4, 0.5) is 0 Å². The normalized spacial score (nSPS) is 15.8. The first-order valence-electron chi connectivity index (χ1n) is 10.1. The minimum atomic E-state index is -1.16. The van der Waals surface area contributed by atoms with Crippen molar-refractivity contribution in [2.75, 3.05) is 10.8 Å². The number of fused-ring (bicyclic) bond motifs is 1. The lowest BCUT2D eigenvalue weighted by Crippen LogP contribution is -2.46. The van der Waals surface area contributed by atoms with Gasteiger partial charge in [-0.05, 0) is 39.7 Å². The summed E-state index contributed by atoms with van der Waals surface area (Å²) in [6, 6.07) is 19.1. The van der Waals surface area contributed by atoms with Crippen molar-refractivity contribution in [2.24, 2.45) is 0 Å². The molecule has 2 heterocycles. The van der Waals surface area contributed by atoms with Gasteiger partial charge in [-0.25, -0.2) is 14.8 Å². The molecule has 10 heteroatoms. The fourth-order valence-corrected chi connectivity index (χ4v) is 6.38. The molecule has 3 aromatic carbocycles. The minimum absolute atomic E-state index is 0.0219. The summed E-state index contributed by atoms with van der Waals surface area (Å²) < 4.78 is 2.46. The highest BCUT2D eigenvalue weighted by atomic mass is 79.9. The number of carboxylic acids is 1. The highest BCUT2D eigenvalue weighted by molar-refractivity contribution is 9.11. The average molecular weight is 601 g/mol. The first-order valence-corrected chi connectivity index (χ1v) is 12.7. The molecule has 0 radical (unpaired) electrons. The van der Waals surface area contributed by atoms with E-state index in [1.165, 1.54) is 27.5 Å². The maximum Gasteiger partial charge on any atom is 0.336 e. The van der Waals surface area contributed by atoms with Gasteiger partial charge >= 0.3 is 5.97 Å². The summed E-state index contributed by atoms with van der Waals surface area (Å²) in [5.41, 5.74) is 0.957. The smallest absolute Gasteiger partial charge is 0.336 e. The van der Waals surface area contributed by atoms with E-state index in [-0.39, 0.29) is 34.0 Å². The van der Waals surface area contributed by atoms with Crippen LogP contribution in [0.1, 0.15) is 21.3 Å². The van der Waals surface area contributed by atoms with Crippen LogP contribution in [0.2, 0.25) is 0 Å². The average Bonchev–Trinajstić information content (AvgIpc) is 3.21. The Morgan fingerprint density at radius 3 is 2.47 bits per heavy atom. The Labute approximate surface area is 214 Å². The van der Waals surface area contributed by atoms with Crippen LogP contribution >= 0.6 is 43.6 Å². The Kier molecular flexibility index (Phi) is 6.05. The minimum Gasteiger partial charge on any atom is -0.478 e. The fraction of sp³-hybridized carbons (Fsp3) is 0.0833. The summed E-state index contributed by atoms with van der Waals surface area (Å²) in [4.78, 5) is 43.9. The lowest BCUT2D eigenvalue weighted by atomic mass is 10.1. The van der Waals surface area contributed by atoms with Crippen molar-refractivity contribution < 1.29 is 14.7 Å². The van der Waals surface area contributed by atoms with Crippen molar-refractivity contribution in [3.05, 3.63) is 97.2 Å². The van der Waals surface area contributed by atoms with Crippen LogP contribution < -0.4 is 10.6 Å². The highest BCUT2D eigenvalue weighted by Gasteiger charge is 2.37. The zero-order valence-corrected chi connectivity index (χ0v) is 21.3. The van der Waals surface area contributed by atoms with Gasteiger partial charge in [0.25, 0.3) is 11.5 Å². The van der Waals surface area contributed by atoms with Crippen LogP contribution in [0.25, 0.3) is 22.3 Å². The van der Waals surface area contributed by atoms with Crippen LogP contribution in [0.15, 0.2) is 80.5 Å². The number of rotatable bonds is 4. The molecule has 170 valence electrons. The molecule has 1 atom stereocenters. The molecular weight excluding hydrogens is 586 g/mol. The standard InChI is InChI=1S/C24H15Br2N3O4S/c25-14-10-17-20(18(26)11-14)27-21(15-8-4-5-9-16(15)24(32)33)29(22(17)31)28-19(30)12-34-23(28)13-6-2-1-3-7-13/h1-11,23H,12H2,(H,32,33). The first-order chi connectivity index (χ1) is 16.4. The van der Waals surface area contributed by atoms with Crippen molar-refractivity contribution in [1.82, 2.24) is 9.66 Å². The van der Waals surface area contributed by atoms with Gasteiger partial charge in [0.15, 0.2) is 5.82 Å². The molecule has 1 saturated heterocycles. The summed E-state index contributed by atoms with van der Waals surface area (Å²) in [7, 11) is 0. The second-order valence-corrected chi connectivity index (χ2v) is 10.3. The van der Waals surface area contributed by atoms with Crippen molar-refractivity contribution in [3.8, 4) is 11.4 Å². The molecule has 0 saturated carbocycles. The lowest BCUT2D eigenvalue weighted by molar-refractivity contribution is -0.117. The quantitative estimate of drug-likeness (QED) is 0.346. The molecule has 1 aliphatic rings. The third-order valence-electron chi connectivity index (χ3n) is 5.41. The van der Waals surface area contributed by atoms with E-state index < -0.39 is 16.9 Å². The predicted octanol–water partition coefficient (Wildman–Crippen LogP) is 5.20. The van der Waals surface area contributed by atoms with E-state index in [1.54, 1.807) is 30.3 Å². The zero-order valence-electron chi connectivity index (χ0n) is 17.3. The molecule has 1 N–H and O–H groups in total. The van der Waals surface area contributed by atoms with Crippen molar-refractivity contribution in [1.29, 1.82) is 0 Å². The topological polar surface area (TPSA) is 92.5 Å². The van der Waals surface area contributed by atoms with Crippen molar-refractivity contribution in [3.63, 3.8) is 0 Å². The number of aromatic nitrogens is 2. The number of amides is 1. The fourth-order valence-electron chi connectivity index (χ4n) is 3.93. The molecule has 1 fully saturated rings. The van der Waals surface area contributed by atoms with Gasteiger partial charge in [0.05, 0.1) is 22.2 Å². The van der Waals surface area contributed by atoms with Gasteiger partial charge in [-0.2, -0.15) is 4.68 Å². The summed E-state index contributed by atoms with van der Waals surface area (Å²) >= 11 is 8.27. The molecule has 34 heavy (non-hydrogen) atoms. The number of thioether (sulfide) groups is 1. The molecule has 1 amide bonds. The van der Waals surface area contributed by atoms with Gasteiger partial charge < -0.3 is 5.11 Å². The number of hydrogen-bond donors (Lipinski definition) is 1. The van der Waals surface area contributed by atoms with Crippen LogP contribution in [0.5, 0.6) is 0 Å². The van der Waals surface area contributed by atoms with E-state index in [0.29, 0.717) is 14.5 Å². The molecule has 4 aromatic rings. The first kappa shape index (κ1) is 22.8. The highest BCUT2D eigenvalue weighted by Crippen LogP contribution is 2.39. The van der Waals surface area contributed by atoms with E-state index in [2.05, 4.69) is 31.9 Å². The number of nitrogens with zero attached hydrogens (tertiary/aromatic N) is 3. The Bertz CT molecular complexity index is 1520. The summed E-state index contributed by atoms with van der Waals surface area (Å²) in [6.07, 6.45) is 0. The molecular formula is C24H15Br2N3O4S. The number of hydrogen-bond acceptors (Lipinski definition) is 5. The number of halogens is 2. The Morgan fingerprint density at radius 1 is 1.03 bits per heavy atom. The molecule has 1 aromatic heterocycles. The Balaban J connectivity index is 1.88. The number of carbonyl (C=O) groups is 2. The van der Waals surface area contributed by atoms with E-state index in [0.717, 1.165) is 5.56 Å². The predicted molar refractivity (Wildman–Crippen MR) is 139 cm³/mol. The SMILES string of the molecule is O=C(O)c1ccccc1-c1nc2c(Br)cc(Br)cc2c(=O)n1N1C(=O)CSC1c1ccccc1. The molecule has 0 bridgehead atoms. The third-order valence-corrected chi connectivity index (χ3v) is 7.67. The molecule has 1 unspecified atom stereocenters. The van der Waals surface area contributed by atoms with E-state index in [1.807, 2.05) is 30.3 Å². The Morgan fingerprint density at radius 2 is 1.74 bits per heavy atom. The lowest BCUT2D eigenvalue weighted by Gasteiger charge is -2.28. The van der Waals surface area contributed by atoms with E-state index >= 15 is 0 Å². The van der Waals surface area contributed by atoms with Crippen LogP contribution in [0, 0.1) is 0 Å². The van der Waals surface area contributed by atoms with Crippen LogP contribution in [-0.2, 0) is 4.79 Å². The van der Waals surface area contributed by atoms with Crippen molar-refractivity contribution >= 4 is 66.4 Å². The van der Waals surface area contributed by atoms with Gasteiger partial charge in [0.1, 0.15) is 5.37 Å². The number of benzene rings is 3. The van der Waals surface area contributed by atoms with Gasteiger partial charge in [-0.15, -0.1) is 11.8 Å². The van der Waals surface area contributed by atoms with Gasteiger partial charge in [0, 0.05) is 14.5 Å². The number of carboxylic acid groups (broad SMARTS) is 1. The van der Waals surface area contributed by atoms with Gasteiger partial charge in [-0.1, -0.05) is 64.5 Å². The monoisotopic (exact) mass is 599 g/mol. The number of aromatic carboxylic acids is 1. The maximum atomic E-state index is 13.9. The molecule has 7 nitrogen and oxygen atoms in total. The second-order valence-electron chi connectivity index (χ2n) is 7.50. The summed E-state index contributed by atoms with van der Waals surface area (Å²) in [6.45, 7) is 0. The van der Waals surface area contributed by atoms with Gasteiger partial charge in [0.2, 0.25) is 0 Å². The van der Waals surface area contributed by atoms with E-state index in [9.17, 15) is 19.5 Å². The summed E-state index contributed by atoms with van der Waals surface area (Å²) in [5.74, 6) is -1.18.